The highest BCUT2D eigenvalue weighted by atomic mass is 16.1. The van der Waals surface area contributed by atoms with Crippen LogP contribution in [0.2, 0.25) is 0 Å². The highest BCUT2D eigenvalue weighted by Crippen LogP contribution is 2.20. The molecular weight excluding hydrogens is 328 g/mol. The number of quaternary nitrogens is 1. The number of unbranched alkanes of at least 4 members (excludes halogenated alkanes) is 1. The molecule has 0 unspecified atom stereocenters. The van der Waals surface area contributed by atoms with E-state index in [1.165, 1.54) is 5.56 Å². The van der Waals surface area contributed by atoms with Gasteiger partial charge in [-0.15, -0.1) is 10.2 Å². The summed E-state index contributed by atoms with van der Waals surface area (Å²) in [7, 11) is 0. The fourth-order valence-corrected chi connectivity index (χ4v) is 2.96. The van der Waals surface area contributed by atoms with Crippen LogP contribution in [0.15, 0.2) is 18.2 Å². The van der Waals surface area contributed by atoms with E-state index in [0.29, 0.717) is 6.54 Å². The predicted octanol–water partition coefficient (Wildman–Crippen LogP) is 1.64. The lowest BCUT2D eigenvalue weighted by Gasteiger charge is -2.08. The van der Waals surface area contributed by atoms with Crippen molar-refractivity contribution in [2.24, 2.45) is 5.92 Å². The number of amides is 1. The number of carbonyl (C=O) groups excluding carboxylic acids is 1. The zero-order valence-corrected chi connectivity index (χ0v) is 15.9. The summed E-state index contributed by atoms with van der Waals surface area (Å²) in [5.74, 6) is 1.88. The molecule has 0 fully saturated rings. The van der Waals surface area contributed by atoms with Gasteiger partial charge >= 0.3 is 0 Å². The molecule has 26 heavy (non-hydrogen) atoms. The summed E-state index contributed by atoms with van der Waals surface area (Å²) in [4.78, 5) is 16.3. The molecule has 2 aromatic heterocycles. The first-order valence-electron chi connectivity index (χ1n) is 9.20. The first kappa shape index (κ1) is 18.3. The van der Waals surface area contributed by atoms with Gasteiger partial charge in [0, 0.05) is 12.5 Å². The van der Waals surface area contributed by atoms with Gasteiger partial charge in [-0.25, -0.2) is 0 Å². The average molecular weight is 355 g/mol. The number of aromatic nitrogens is 4. The van der Waals surface area contributed by atoms with E-state index in [9.17, 15) is 4.79 Å². The van der Waals surface area contributed by atoms with Gasteiger partial charge < -0.3 is 5.32 Å². The Labute approximate surface area is 153 Å². The molecule has 1 aromatic carbocycles. The molecule has 0 aliphatic rings. The maximum absolute atomic E-state index is 11.5. The summed E-state index contributed by atoms with van der Waals surface area (Å²) < 4.78 is 2.07. The third kappa shape index (κ3) is 3.83. The van der Waals surface area contributed by atoms with E-state index in [1.807, 2.05) is 26.8 Å². The monoisotopic (exact) mass is 355 g/mol. The van der Waals surface area contributed by atoms with Gasteiger partial charge in [-0.2, -0.15) is 4.98 Å². The summed E-state index contributed by atoms with van der Waals surface area (Å²) in [5, 5.41) is 13.6. The Kier molecular flexibility index (Phi) is 5.46. The largest absolute Gasteiger partial charge is 0.356 e. The number of benzene rings is 1. The molecule has 0 saturated carbocycles. The Morgan fingerprint density at radius 2 is 2.04 bits per heavy atom. The van der Waals surface area contributed by atoms with Crippen molar-refractivity contribution in [3.8, 4) is 0 Å². The summed E-state index contributed by atoms with van der Waals surface area (Å²) in [6.45, 7) is 9.45. The number of hydrogen-bond acceptors (Lipinski definition) is 4. The van der Waals surface area contributed by atoms with E-state index in [-0.39, 0.29) is 11.8 Å². The van der Waals surface area contributed by atoms with Crippen LogP contribution in [0.4, 0.5) is 5.82 Å². The quantitative estimate of drug-likeness (QED) is 0.631. The second-order valence-corrected chi connectivity index (χ2v) is 7.04. The van der Waals surface area contributed by atoms with E-state index in [4.69, 9.17) is 4.98 Å². The zero-order valence-electron chi connectivity index (χ0n) is 15.9. The average Bonchev–Trinajstić information content (AvgIpc) is 3.00. The first-order valence-corrected chi connectivity index (χ1v) is 9.20. The van der Waals surface area contributed by atoms with Crippen molar-refractivity contribution in [1.82, 2.24) is 24.9 Å². The van der Waals surface area contributed by atoms with Gasteiger partial charge in [-0.3, -0.25) is 14.5 Å². The Bertz CT molecular complexity index is 931. The Morgan fingerprint density at radius 3 is 2.81 bits per heavy atom. The highest BCUT2D eigenvalue weighted by Gasteiger charge is 2.15. The molecule has 3 N–H and O–H groups in total. The van der Waals surface area contributed by atoms with Crippen LogP contribution in [-0.4, -0.2) is 38.6 Å². The van der Waals surface area contributed by atoms with Crippen LogP contribution in [0, 0.1) is 19.8 Å². The molecule has 1 amide bonds. The van der Waals surface area contributed by atoms with Gasteiger partial charge in [-0.05, 0) is 44.4 Å². The van der Waals surface area contributed by atoms with E-state index in [0.717, 1.165) is 47.7 Å². The molecule has 7 nitrogen and oxygen atoms in total. The predicted molar refractivity (Wildman–Crippen MR) is 101 cm³/mol. The lowest BCUT2D eigenvalue weighted by atomic mass is 10.2. The third-order valence-corrected chi connectivity index (χ3v) is 4.46. The lowest BCUT2D eigenvalue weighted by Crippen LogP contribution is -2.78. The van der Waals surface area contributed by atoms with E-state index >= 15 is 0 Å². The van der Waals surface area contributed by atoms with Gasteiger partial charge in [0.05, 0.1) is 17.6 Å². The van der Waals surface area contributed by atoms with Crippen LogP contribution in [0.25, 0.3) is 16.7 Å². The Hall–Kier alpha value is -2.54. The van der Waals surface area contributed by atoms with Gasteiger partial charge in [0.15, 0.2) is 0 Å². The molecule has 0 radical (unpaired) electrons. The van der Waals surface area contributed by atoms with E-state index in [2.05, 4.69) is 44.3 Å². The Morgan fingerprint density at radius 1 is 1.23 bits per heavy atom. The number of nitrogens with two attached hydrogens (primary N) is 1. The molecule has 0 atom stereocenters. The van der Waals surface area contributed by atoms with Gasteiger partial charge in [0.25, 0.3) is 5.82 Å². The summed E-state index contributed by atoms with van der Waals surface area (Å²) in [6, 6.07) is 6.23. The smallest absolute Gasteiger partial charge is 0.271 e. The fourth-order valence-electron chi connectivity index (χ4n) is 2.96. The van der Waals surface area contributed by atoms with E-state index in [1.54, 1.807) is 0 Å². The van der Waals surface area contributed by atoms with Crippen molar-refractivity contribution in [2.75, 3.05) is 13.1 Å². The number of aryl methyl sites for hydroxylation is 2. The zero-order chi connectivity index (χ0) is 18.7. The maximum atomic E-state index is 11.5. The summed E-state index contributed by atoms with van der Waals surface area (Å²) in [6.07, 6.45) is 1.94. The maximum Gasteiger partial charge on any atom is 0.271 e. The molecule has 7 heteroatoms. The third-order valence-electron chi connectivity index (χ3n) is 4.46. The minimum atomic E-state index is 0.0384. The number of nitrogens with zero attached hydrogens (tertiary/aromatic N) is 4. The normalized spacial score (nSPS) is 11.6. The molecule has 3 rings (SSSR count). The fraction of sp³-hybridized carbons (Fsp3) is 0.474. The Balaban J connectivity index is 1.68. The van der Waals surface area contributed by atoms with Crippen molar-refractivity contribution in [2.45, 2.75) is 40.5 Å². The number of rotatable bonds is 7. The molecule has 0 bridgehead atoms. The molecular formula is C19H27N6O+. The van der Waals surface area contributed by atoms with Gasteiger partial charge in [0.1, 0.15) is 5.82 Å². The van der Waals surface area contributed by atoms with E-state index < -0.39 is 0 Å². The van der Waals surface area contributed by atoms with Crippen molar-refractivity contribution in [1.29, 1.82) is 0 Å². The van der Waals surface area contributed by atoms with Crippen molar-refractivity contribution in [3.05, 3.63) is 29.6 Å². The van der Waals surface area contributed by atoms with Crippen LogP contribution in [0.1, 0.15) is 38.1 Å². The van der Waals surface area contributed by atoms with Gasteiger partial charge in [0.2, 0.25) is 11.6 Å². The van der Waals surface area contributed by atoms with Crippen molar-refractivity contribution >= 4 is 28.4 Å². The number of fused-ring (bicyclic) bond motifs is 3. The van der Waals surface area contributed by atoms with Crippen LogP contribution >= 0.6 is 0 Å². The standard InChI is InChI=1S/C19H26N6O/c1-12(2)19(26)21-10-6-5-9-20-17-18-24-23-14(4)25(18)16-11-13(3)7-8-15(16)22-17/h7-8,11-12H,5-6,9-10H2,1-4H3,(H,20,22)(H,21,26)/p+1. The molecule has 0 aliphatic heterocycles. The number of carbonyl (C=O) groups is 1. The van der Waals surface area contributed by atoms with Crippen LogP contribution in [0.3, 0.4) is 0 Å². The summed E-state index contributed by atoms with van der Waals surface area (Å²) >= 11 is 0. The number of hydrogen-bond donors (Lipinski definition) is 2. The first-order chi connectivity index (χ1) is 12.5. The second-order valence-electron chi connectivity index (χ2n) is 7.04. The molecule has 3 aromatic rings. The minimum absolute atomic E-state index is 0.0384. The van der Waals surface area contributed by atoms with Crippen LogP contribution in [-0.2, 0) is 4.79 Å². The minimum Gasteiger partial charge on any atom is -0.356 e. The second kappa shape index (κ2) is 7.78. The molecule has 138 valence electrons. The van der Waals surface area contributed by atoms with Crippen LogP contribution in [0.5, 0.6) is 0 Å². The molecule has 0 aliphatic carbocycles. The van der Waals surface area contributed by atoms with Gasteiger partial charge in [-0.1, -0.05) is 19.9 Å². The SMILES string of the molecule is Cc1ccc2nc([NH2+]CCCCNC(=O)C(C)C)c3nnc(C)n3c2c1. The number of nitrogens with one attached hydrogen (secondary N) is 1. The lowest BCUT2D eigenvalue weighted by molar-refractivity contribution is -0.574. The highest BCUT2D eigenvalue weighted by molar-refractivity contribution is 5.81. The topological polar surface area (TPSA) is 88.8 Å². The summed E-state index contributed by atoms with van der Waals surface area (Å²) in [5.41, 5.74) is 3.97. The molecule has 2 heterocycles. The molecule has 0 spiro atoms. The van der Waals surface area contributed by atoms with Crippen molar-refractivity contribution in [3.63, 3.8) is 0 Å². The van der Waals surface area contributed by atoms with Crippen LogP contribution < -0.4 is 10.6 Å². The molecule has 0 saturated heterocycles. The van der Waals surface area contributed by atoms with Crippen molar-refractivity contribution < 1.29 is 10.1 Å².